The zero-order valence-corrected chi connectivity index (χ0v) is 9.22. The first kappa shape index (κ1) is 12.9. The van der Waals surface area contributed by atoms with Gasteiger partial charge < -0.3 is 10.6 Å². The summed E-state index contributed by atoms with van der Waals surface area (Å²) < 4.78 is 0. The smallest absolute Gasteiger partial charge is 0.222 e. The summed E-state index contributed by atoms with van der Waals surface area (Å²) in [5.41, 5.74) is 0. The summed E-state index contributed by atoms with van der Waals surface area (Å²) in [5.74, 6) is -0.0297. The summed E-state index contributed by atoms with van der Waals surface area (Å²) in [4.78, 5) is 22.2. The Hall–Kier alpha value is -1.06. The van der Waals surface area contributed by atoms with Gasteiger partial charge in [-0.25, -0.2) is 0 Å². The molecule has 0 atom stereocenters. The first-order valence-electron chi connectivity index (χ1n) is 5.12. The van der Waals surface area contributed by atoms with Gasteiger partial charge in [0.25, 0.3) is 0 Å². The fraction of sp³-hybridized carbons (Fsp3) is 0.800. The number of hydrogen-bond donors (Lipinski definition) is 2. The third-order valence-electron chi connectivity index (χ3n) is 1.75. The first-order valence-corrected chi connectivity index (χ1v) is 5.12. The van der Waals surface area contributed by atoms with Crippen molar-refractivity contribution in [2.45, 2.75) is 33.6 Å². The zero-order valence-electron chi connectivity index (χ0n) is 9.22. The lowest BCUT2D eigenvalue weighted by atomic mass is 10.2. The Morgan fingerprint density at radius 2 is 1.79 bits per heavy atom. The number of nitrogens with one attached hydrogen (secondary N) is 2. The van der Waals surface area contributed by atoms with E-state index in [-0.39, 0.29) is 17.7 Å². The monoisotopic (exact) mass is 200 g/mol. The highest BCUT2D eigenvalue weighted by molar-refractivity contribution is 5.79. The highest BCUT2D eigenvalue weighted by atomic mass is 16.2. The van der Waals surface area contributed by atoms with E-state index in [1.54, 1.807) is 0 Å². The average Bonchev–Trinajstić information content (AvgIpc) is 2.14. The number of carbonyl (C=O) groups is 2. The molecule has 0 aromatic heterocycles. The molecule has 0 spiro atoms. The van der Waals surface area contributed by atoms with Crippen molar-refractivity contribution in [3.8, 4) is 0 Å². The lowest BCUT2D eigenvalue weighted by Gasteiger charge is -2.07. The minimum atomic E-state index is -0.0197. The fourth-order valence-electron chi connectivity index (χ4n) is 0.856. The van der Waals surface area contributed by atoms with E-state index in [1.165, 1.54) is 0 Å². The van der Waals surface area contributed by atoms with Crippen LogP contribution >= 0.6 is 0 Å². The lowest BCUT2D eigenvalue weighted by Crippen LogP contribution is -2.33. The predicted molar refractivity (Wildman–Crippen MR) is 55.8 cm³/mol. The molecule has 14 heavy (non-hydrogen) atoms. The molecule has 0 unspecified atom stereocenters. The Morgan fingerprint density at radius 3 is 2.29 bits per heavy atom. The van der Waals surface area contributed by atoms with Crippen LogP contribution in [-0.2, 0) is 9.59 Å². The molecule has 0 bridgehead atoms. The van der Waals surface area contributed by atoms with Crippen LogP contribution in [0.3, 0.4) is 0 Å². The molecule has 0 rings (SSSR count). The van der Waals surface area contributed by atoms with E-state index in [0.29, 0.717) is 19.5 Å². The molecule has 0 saturated carbocycles. The molecule has 2 N–H and O–H groups in total. The largest absolute Gasteiger partial charge is 0.356 e. The topological polar surface area (TPSA) is 58.2 Å². The summed E-state index contributed by atoms with van der Waals surface area (Å²) >= 11 is 0. The second-order valence-corrected chi connectivity index (χ2v) is 3.55. The average molecular weight is 200 g/mol. The van der Waals surface area contributed by atoms with Crippen molar-refractivity contribution in [1.82, 2.24) is 10.6 Å². The van der Waals surface area contributed by atoms with Crippen molar-refractivity contribution in [3.63, 3.8) is 0 Å². The zero-order chi connectivity index (χ0) is 11.0. The second-order valence-electron chi connectivity index (χ2n) is 3.55. The molecule has 0 aromatic carbocycles. The molecule has 0 aromatic rings. The molecule has 82 valence electrons. The Kier molecular flexibility index (Phi) is 6.80. The third-order valence-corrected chi connectivity index (χ3v) is 1.75. The van der Waals surface area contributed by atoms with Gasteiger partial charge in [0.1, 0.15) is 0 Å². The van der Waals surface area contributed by atoms with Crippen LogP contribution in [-0.4, -0.2) is 24.9 Å². The second kappa shape index (κ2) is 7.35. The van der Waals surface area contributed by atoms with Gasteiger partial charge in [-0.15, -0.1) is 0 Å². The Bertz CT molecular complexity index is 191. The number of hydrogen-bond acceptors (Lipinski definition) is 2. The van der Waals surface area contributed by atoms with E-state index in [2.05, 4.69) is 10.6 Å². The minimum Gasteiger partial charge on any atom is -0.356 e. The summed E-state index contributed by atoms with van der Waals surface area (Å²) in [6.45, 7) is 6.78. The highest BCUT2D eigenvalue weighted by Gasteiger charge is 2.06. The van der Waals surface area contributed by atoms with Crippen molar-refractivity contribution >= 4 is 11.8 Å². The van der Waals surface area contributed by atoms with E-state index in [1.807, 2.05) is 20.8 Å². The molecule has 2 amide bonds. The lowest BCUT2D eigenvalue weighted by molar-refractivity contribution is -0.124. The van der Waals surface area contributed by atoms with Crippen molar-refractivity contribution in [2.24, 2.45) is 5.92 Å². The van der Waals surface area contributed by atoms with Crippen LogP contribution in [0.4, 0.5) is 0 Å². The van der Waals surface area contributed by atoms with Crippen LogP contribution in [0.15, 0.2) is 0 Å². The molecule has 0 radical (unpaired) electrons. The van der Waals surface area contributed by atoms with Gasteiger partial charge in [-0.05, 0) is 6.42 Å². The van der Waals surface area contributed by atoms with Crippen molar-refractivity contribution in [3.05, 3.63) is 0 Å². The minimum absolute atomic E-state index is 0.00379. The third kappa shape index (κ3) is 6.46. The molecule has 0 aliphatic carbocycles. The normalized spacial score (nSPS) is 10.0. The van der Waals surface area contributed by atoms with E-state index in [4.69, 9.17) is 0 Å². The van der Waals surface area contributed by atoms with Crippen LogP contribution in [0.25, 0.3) is 0 Å². The summed E-state index contributed by atoms with van der Waals surface area (Å²) in [6, 6.07) is 0. The maximum atomic E-state index is 11.1. The maximum Gasteiger partial charge on any atom is 0.222 e. The van der Waals surface area contributed by atoms with Gasteiger partial charge in [-0.2, -0.15) is 0 Å². The van der Waals surface area contributed by atoms with Crippen molar-refractivity contribution < 1.29 is 9.59 Å². The van der Waals surface area contributed by atoms with Gasteiger partial charge in [0, 0.05) is 25.4 Å². The van der Waals surface area contributed by atoms with Gasteiger partial charge in [0.15, 0.2) is 0 Å². The molecule has 0 aliphatic heterocycles. The fourth-order valence-corrected chi connectivity index (χ4v) is 0.856. The molecule has 0 aliphatic rings. The van der Waals surface area contributed by atoms with Crippen LogP contribution in [0.5, 0.6) is 0 Å². The van der Waals surface area contributed by atoms with Crippen LogP contribution in [0, 0.1) is 5.92 Å². The Morgan fingerprint density at radius 1 is 1.14 bits per heavy atom. The molecular formula is C10H20N2O2. The van der Waals surface area contributed by atoms with E-state index < -0.39 is 0 Å². The summed E-state index contributed by atoms with van der Waals surface area (Å²) in [6.07, 6.45) is 1.29. The molecule has 0 fully saturated rings. The highest BCUT2D eigenvalue weighted by Crippen LogP contribution is 1.90. The van der Waals surface area contributed by atoms with Gasteiger partial charge in [0.2, 0.25) is 11.8 Å². The van der Waals surface area contributed by atoms with Crippen LogP contribution < -0.4 is 10.6 Å². The quantitative estimate of drug-likeness (QED) is 0.662. The van der Waals surface area contributed by atoms with Crippen molar-refractivity contribution in [2.75, 3.05) is 13.1 Å². The maximum absolute atomic E-state index is 11.1. The van der Waals surface area contributed by atoms with Gasteiger partial charge in [-0.1, -0.05) is 20.8 Å². The van der Waals surface area contributed by atoms with Crippen LogP contribution in [0.1, 0.15) is 33.6 Å². The standard InChI is InChI=1S/C10H20N2O2/c1-4-6-11-9(13)5-7-12-10(14)8(2)3/h8H,4-7H2,1-3H3,(H,11,13)(H,12,14). The molecule has 0 heterocycles. The molecule has 4 nitrogen and oxygen atoms in total. The molecule has 0 saturated heterocycles. The van der Waals surface area contributed by atoms with Crippen molar-refractivity contribution in [1.29, 1.82) is 0 Å². The van der Waals surface area contributed by atoms with Gasteiger partial charge >= 0.3 is 0 Å². The Labute approximate surface area is 85.4 Å². The van der Waals surface area contributed by atoms with E-state index in [9.17, 15) is 9.59 Å². The van der Waals surface area contributed by atoms with Crippen LogP contribution in [0.2, 0.25) is 0 Å². The summed E-state index contributed by atoms with van der Waals surface area (Å²) in [5, 5.41) is 5.43. The predicted octanol–water partition coefficient (Wildman–Crippen LogP) is 0.675. The Balaban J connectivity index is 3.44. The number of carbonyl (C=O) groups excluding carboxylic acids is 2. The number of rotatable bonds is 6. The number of amides is 2. The first-order chi connectivity index (χ1) is 6.57. The summed E-state index contributed by atoms with van der Waals surface area (Å²) in [7, 11) is 0. The SMILES string of the molecule is CCCNC(=O)CCNC(=O)C(C)C. The van der Waals surface area contributed by atoms with Gasteiger partial charge in [0.05, 0.1) is 0 Å². The van der Waals surface area contributed by atoms with E-state index in [0.717, 1.165) is 6.42 Å². The van der Waals surface area contributed by atoms with Gasteiger partial charge in [-0.3, -0.25) is 9.59 Å². The molecular weight excluding hydrogens is 180 g/mol. The molecule has 4 heteroatoms. The van der Waals surface area contributed by atoms with E-state index >= 15 is 0 Å².